The first kappa shape index (κ1) is 95.5. The zero-order chi connectivity index (χ0) is 95.6. The van der Waals surface area contributed by atoms with Gasteiger partial charge >= 0.3 is 0 Å². The summed E-state index contributed by atoms with van der Waals surface area (Å²) < 4.78 is 108. The number of pyridine rings is 1. The summed E-state index contributed by atoms with van der Waals surface area (Å²) >= 11 is 0. The average Bonchev–Trinajstić information content (AvgIpc) is 1.61. The van der Waals surface area contributed by atoms with Crippen LogP contribution in [0.4, 0.5) is 22.0 Å². The number of aromatic amines is 7. The van der Waals surface area contributed by atoms with Gasteiger partial charge in [0.2, 0.25) is 5.92 Å². The number of benzene rings is 8. The highest BCUT2D eigenvalue weighted by molar-refractivity contribution is 5.96. The minimum Gasteiger partial charge on any atom is -0.506 e. The van der Waals surface area contributed by atoms with Crippen molar-refractivity contribution in [3.63, 3.8) is 0 Å². The van der Waals surface area contributed by atoms with Gasteiger partial charge in [0, 0.05) is 65.8 Å². The average molecular weight is 1830 g/mol. The zero-order valence-corrected chi connectivity index (χ0v) is 72.5. The molecule has 2 aliphatic rings. The van der Waals surface area contributed by atoms with E-state index < -0.39 is 17.8 Å². The van der Waals surface area contributed by atoms with Crippen molar-refractivity contribution in [2.75, 3.05) is 7.11 Å². The second kappa shape index (κ2) is 44.4. The number of hydrogen-bond acceptors (Lipinski definition) is 30. The fraction of sp³-hybridized carbons (Fsp3) is 0.174. The third-order valence-electron chi connectivity index (χ3n) is 19.2. The number of para-hydroxylation sites is 1. The smallest absolute Gasteiger partial charge is 0.270 e. The van der Waals surface area contributed by atoms with Gasteiger partial charge < -0.3 is 48.1 Å². The zero-order valence-electron chi connectivity index (χ0n) is 72.5. The molecule has 2 aliphatic carbocycles. The number of aliphatic hydroxyl groups excluding tert-OH is 2. The van der Waals surface area contributed by atoms with Gasteiger partial charge in [0.25, 0.3) is 47.1 Å². The van der Waals surface area contributed by atoms with Gasteiger partial charge in [-0.15, -0.1) is 20.4 Å². The molecular formula is C92H83F5N22O15. The Labute approximate surface area is 758 Å². The number of nitrogens with zero attached hydrogens (tertiary/aromatic N) is 15. The molecule has 18 rings (SSSR count). The molecule has 0 radical (unpaired) electrons. The van der Waals surface area contributed by atoms with E-state index >= 15 is 0 Å². The first-order chi connectivity index (χ1) is 64.3. The molecule has 0 amide bonds. The topological polar surface area (TPSA) is 504 Å². The van der Waals surface area contributed by atoms with Crippen LogP contribution in [0.25, 0.3) is 33.8 Å². The summed E-state index contributed by atoms with van der Waals surface area (Å²) in [6, 6.07) is 62.2. The fourth-order valence-corrected chi connectivity index (χ4v) is 12.3. The molecule has 2 saturated carbocycles. The number of aryl methyl sites for hydroxylation is 2. The Morgan fingerprint density at radius 1 is 0.388 bits per heavy atom. The molecule has 0 spiro atoms. The summed E-state index contributed by atoms with van der Waals surface area (Å²) in [4.78, 5) is 60.4. The molecule has 8 aromatic heterocycles. The number of Topliss-reactive ketones (excluding diaryl/α,β-unsaturated/α-hetero) is 5. The van der Waals surface area contributed by atoms with Crippen molar-refractivity contribution in [3.05, 3.63) is 300 Å². The molecule has 0 aliphatic heterocycles. The Hall–Kier alpha value is -17.6. The van der Waals surface area contributed by atoms with Crippen LogP contribution >= 0.6 is 0 Å². The number of carbonyl (C=O) groups excluding carboxylic acids is 5. The SMILES string of the molecule is C=C(O)c1n[nH]nc1Oc1ccc(C2CC2(F)F)cc1.C=C(O)c1n[nH]nc1Oc1ccc(C2CCC(F)(F)C2)cc1.CC(=O)c1[nH]nnc1Oc1ccc(-c2ccc(-c3ccnc(C)c3)cc2)cc1.CC(=O)c1[nH]nnc1Oc1ccc(C)cc1.CC(=O)c1[nH]nnc1Oc1ccc(F)cc1.CC(=O)c1[nH]nnc1Oc1ccccc1.COc1ccc(Oc2nn[nH]c2C(C)=O)cc1. The largest absolute Gasteiger partial charge is 0.506 e. The molecule has 42 heteroatoms. The van der Waals surface area contributed by atoms with Crippen LogP contribution in [0.2, 0.25) is 0 Å². The van der Waals surface area contributed by atoms with E-state index in [1.54, 1.807) is 92.0 Å². The summed E-state index contributed by atoms with van der Waals surface area (Å²) in [5.41, 5.74) is 9.53. The van der Waals surface area contributed by atoms with E-state index in [1.807, 2.05) is 92.8 Å². The van der Waals surface area contributed by atoms with E-state index in [9.17, 15) is 56.1 Å². The number of aliphatic hydroxyl groups is 2. The molecular weight excluding hydrogens is 1750 g/mol. The molecule has 8 aromatic carbocycles. The van der Waals surface area contributed by atoms with E-state index in [0.29, 0.717) is 52.2 Å². The van der Waals surface area contributed by atoms with E-state index in [4.69, 9.17) is 37.9 Å². The van der Waals surface area contributed by atoms with E-state index in [0.717, 1.165) is 44.8 Å². The number of H-pyrrole nitrogens is 7. The van der Waals surface area contributed by atoms with Gasteiger partial charge in [-0.3, -0.25) is 54.5 Å². The van der Waals surface area contributed by atoms with Gasteiger partial charge in [0.1, 0.15) is 63.3 Å². The number of alkyl halides is 4. The molecule has 8 heterocycles. The minimum atomic E-state index is -2.59. The lowest BCUT2D eigenvalue weighted by Gasteiger charge is -2.11. The van der Waals surface area contributed by atoms with Crippen molar-refractivity contribution < 1.29 is 94.0 Å². The molecule has 0 bridgehead atoms. The maximum Gasteiger partial charge on any atom is 0.270 e. The van der Waals surface area contributed by atoms with Gasteiger partial charge in [-0.25, -0.2) is 22.0 Å². The second-order valence-corrected chi connectivity index (χ2v) is 29.3. The fourth-order valence-electron chi connectivity index (χ4n) is 12.3. The highest BCUT2D eigenvalue weighted by Gasteiger charge is 2.57. The molecule has 2 unspecified atom stereocenters. The number of ether oxygens (including phenoxy) is 8. The summed E-state index contributed by atoms with van der Waals surface area (Å²) in [6.07, 6.45) is 2.04. The number of hydrogen-bond donors (Lipinski definition) is 9. The van der Waals surface area contributed by atoms with E-state index in [-0.39, 0.29) is 152 Å². The van der Waals surface area contributed by atoms with Crippen LogP contribution in [-0.4, -0.2) is 171 Å². The predicted molar refractivity (Wildman–Crippen MR) is 472 cm³/mol. The van der Waals surface area contributed by atoms with Crippen LogP contribution in [0.15, 0.2) is 232 Å². The number of carbonyl (C=O) groups is 5. The molecule has 37 nitrogen and oxygen atoms in total. The molecule has 134 heavy (non-hydrogen) atoms. The monoisotopic (exact) mass is 1830 g/mol. The number of aromatic nitrogens is 22. The molecule has 9 N–H and O–H groups in total. The van der Waals surface area contributed by atoms with Crippen molar-refractivity contribution in [2.24, 2.45) is 0 Å². The lowest BCUT2D eigenvalue weighted by molar-refractivity contribution is 0.00771. The molecule has 2 atom stereocenters. The van der Waals surface area contributed by atoms with Gasteiger partial charge in [0.05, 0.1) is 13.0 Å². The first-order valence-corrected chi connectivity index (χ1v) is 40.4. The molecule has 16 aromatic rings. The normalized spacial score (nSPS) is 13.2. The van der Waals surface area contributed by atoms with Crippen LogP contribution in [0.1, 0.15) is 158 Å². The molecule has 2 fully saturated rings. The number of rotatable bonds is 26. The Kier molecular flexibility index (Phi) is 31.6. The Balaban J connectivity index is 0.000000142. The van der Waals surface area contributed by atoms with Crippen molar-refractivity contribution in [2.45, 2.75) is 97.8 Å². The number of ketones is 5. The van der Waals surface area contributed by atoms with Gasteiger partial charge in [0.15, 0.2) is 68.8 Å². The summed E-state index contributed by atoms with van der Waals surface area (Å²) in [7, 11) is 1.58. The maximum absolute atomic E-state index is 13.3. The van der Waals surface area contributed by atoms with Gasteiger partial charge in [-0.1, -0.05) is 161 Å². The quantitative estimate of drug-likeness (QED) is 0.0138. The van der Waals surface area contributed by atoms with Crippen LogP contribution in [0.3, 0.4) is 0 Å². The minimum absolute atomic E-state index is 0.0587. The second-order valence-electron chi connectivity index (χ2n) is 29.3. The Bertz CT molecular complexity index is 6560. The van der Waals surface area contributed by atoms with Gasteiger partial charge in [-0.05, 0) is 181 Å². The lowest BCUT2D eigenvalue weighted by Crippen LogP contribution is -2.09. The third-order valence-corrected chi connectivity index (χ3v) is 19.2. The number of halogens is 5. The van der Waals surface area contributed by atoms with Gasteiger partial charge in [-0.2, -0.15) is 10.4 Å². The molecule has 0 saturated heterocycles. The van der Waals surface area contributed by atoms with Crippen LogP contribution in [0, 0.1) is 19.7 Å². The van der Waals surface area contributed by atoms with Crippen LogP contribution in [0.5, 0.6) is 87.2 Å². The van der Waals surface area contributed by atoms with Crippen molar-refractivity contribution in [1.82, 2.24) is 113 Å². The lowest BCUT2D eigenvalue weighted by atomic mass is 9.97. The summed E-state index contributed by atoms with van der Waals surface area (Å²) in [5, 5.41) is 86.8. The summed E-state index contributed by atoms with van der Waals surface area (Å²) in [6.45, 7) is 17.7. The summed E-state index contributed by atoms with van der Waals surface area (Å²) in [5.74, 6) is -2.37. The predicted octanol–water partition coefficient (Wildman–Crippen LogP) is 19.8. The highest BCUT2D eigenvalue weighted by Crippen LogP contribution is 2.56. The molecule has 686 valence electrons. The van der Waals surface area contributed by atoms with E-state index in [2.05, 4.69) is 156 Å². The first-order valence-electron chi connectivity index (χ1n) is 40.4. The maximum atomic E-state index is 13.3. The Morgan fingerprint density at radius 3 is 1.04 bits per heavy atom. The number of methoxy groups -OCH3 is 1. The van der Waals surface area contributed by atoms with Crippen molar-refractivity contribution in [3.8, 4) is 109 Å². The van der Waals surface area contributed by atoms with Crippen LogP contribution in [-0.2, 0) is 0 Å². The number of nitrogens with one attached hydrogen (secondary N) is 7. The van der Waals surface area contributed by atoms with Crippen molar-refractivity contribution >= 4 is 40.4 Å². The standard InChI is InChI=1S/C22H18N4O2.C15H15F2N3O2.C13H11F2N3O2.C11H11N3O3.C11H11N3O2.C10H8FN3O2.C10H9N3O2/c1-14-13-19(11-12-23-14)18-5-3-16(4-6-18)17-7-9-20(10-8-17)28-22-21(15(2)27)24-26-25-22;1-9(21)13-14(19-20-18-13)22-12-4-2-10(3-5-12)11-6-7-15(16,17)8-11;1-7(19)11-12(17-18-16-11)20-9-4-2-8(3-5-9)10-6-13(10,14)15;1-7(15)10-11(13-14-12-10)17-9-5-3-8(16-2)4-6-9;1-7-3-5-9(6-4-7)16-11-10(8(2)15)12-14-13-11;1-6(15)9-10(13-14-12-9)16-8-4-2-7(11)3-5-8;1-7(14)9-10(12-13-11-9)15-8-5-3-2-4-6-8/h3-13H,1-2H3,(H,24,25,26);2-5,11,21H,1,6-8H2,(H,18,19,20);2-5,10,19H,1,6H2,(H,16,17,18);3-6H,1-2H3,(H,12,13,14);3-6H,1-2H3,(H,12,13,14);2-5H,1H3,(H,12,13,14);2-6H,1H3,(H,11,12,13). The Morgan fingerprint density at radius 2 is 0.701 bits per heavy atom. The van der Waals surface area contributed by atoms with E-state index in [1.165, 1.54) is 58.9 Å². The van der Waals surface area contributed by atoms with Crippen molar-refractivity contribution in [1.29, 1.82) is 0 Å². The van der Waals surface area contributed by atoms with Crippen LogP contribution < -0.4 is 37.9 Å². The third kappa shape index (κ3) is 26.8. The highest BCUT2D eigenvalue weighted by atomic mass is 19.3.